The molecule has 1 aromatic heterocycles. The Morgan fingerprint density at radius 2 is 2.24 bits per heavy atom. The number of esters is 1. The fourth-order valence-electron chi connectivity index (χ4n) is 4.04. The fraction of sp³-hybridized carbons (Fsp3) is 0.609. The van der Waals surface area contributed by atoms with E-state index < -0.39 is 0 Å². The molecule has 0 amide bonds. The molecular formula is C23H34N6O3S2. The van der Waals surface area contributed by atoms with Crippen LogP contribution in [0.3, 0.4) is 0 Å². The molecule has 0 radical (unpaired) electrons. The van der Waals surface area contributed by atoms with Gasteiger partial charge in [0.15, 0.2) is 10.8 Å². The number of nitrogens with zero attached hydrogens (tertiary/aromatic N) is 5. The second-order valence-corrected chi connectivity index (χ2v) is 10.2. The Labute approximate surface area is 210 Å². The number of rotatable bonds is 11. The lowest BCUT2D eigenvalue weighted by molar-refractivity contribution is -0.138. The molecule has 0 aromatic carbocycles. The highest BCUT2D eigenvalue weighted by atomic mass is 32.1. The summed E-state index contributed by atoms with van der Waals surface area (Å²) in [5, 5.41) is 6.06. The van der Waals surface area contributed by atoms with Gasteiger partial charge in [-0.1, -0.05) is 12.2 Å². The number of carbonyl (C=O) groups is 2. The molecule has 34 heavy (non-hydrogen) atoms. The quantitative estimate of drug-likeness (QED) is 0.273. The van der Waals surface area contributed by atoms with Crippen molar-refractivity contribution < 1.29 is 14.3 Å². The lowest BCUT2D eigenvalue weighted by atomic mass is 9.98. The Morgan fingerprint density at radius 3 is 2.88 bits per heavy atom. The predicted molar refractivity (Wildman–Crippen MR) is 138 cm³/mol. The minimum atomic E-state index is -0.337. The predicted octanol–water partition coefficient (Wildman–Crippen LogP) is 1.55. The number of likely N-dealkylation sites (N-methyl/N-ethyl adjacent to an activating group) is 1. The summed E-state index contributed by atoms with van der Waals surface area (Å²) in [5.41, 5.74) is 2.86. The monoisotopic (exact) mass is 506 g/mol. The molecule has 1 N–H and O–H groups in total. The third-order valence-corrected chi connectivity index (χ3v) is 7.47. The molecule has 3 heterocycles. The highest BCUT2D eigenvalue weighted by Crippen LogP contribution is 2.21. The van der Waals surface area contributed by atoms with Crippen LogP contribution in [0.4, 0.5) is 0 Å². The molecule has 186 valence electrons. The van der Waals surface area contributed by atoms with Gasteiger partial charge in [0.25, 0.3) is 0 Å². The number of hydrogen-bond donors (Lipinski definition) is 1. The Balaban J connectivity index is 1.75. The maximum absolute atomic E-state index is 12.6. The smallest absolute Gasteiger partial charge is 0.337 e. The van der Waals surface area contributed by atoms with Gasteiger partial charge in [-0.15, -0.1) is 11.3 Å². The molecule has 1 unspecified atom stereocenters. The Hall–Kier alpha value is -2.21. The first-order chi connectivity index (χ1) is 16.3. The fourth-order valence-corrected chi connectivity index (χ4v) is 4.92. The first-order valence-electron chi connectivity index (χ1n) is 11.5. The van der Waals surface area contributed by atoms with Gasteiger partial charge in [-0.2, -0.15) is 0 Å². The van der Waals surface area contributed by atoms with Gasteiger partial charge in [-0.05, 0) is 27.8 Å². The van der Waals surface area contributed by atoms with Crippen LogP contribution in [0.1, 0.15) is 32.2 Å². The summed E-state index contributed by atoms with van der Waals surface area (Å²) in [6.07, 6.45) is 3.18. The largest absolute Gasteiger partial charge is 0.463 e. The Bertz CT molecular complexity index is 931. The van der Waals surface area contributed by atoms with Crippen molar-refractivity contribution >= 4 is 47.1 Å². The number of aromatic nitrogens is 1. The number of carbonyl (C=O) groups excluding carboxylic acids is 2. The van der Waals surface area contributed by atoms with Gasteiger partial charge >= 0.3 is 5.97 Å². The minimum absolute atomic E-state index is 0.171. The molecule has 0 aliphatic carbocycles. The van der Waals surface area contributed by atoms with Gasteiger partial charge < -0.3 is 19.7 Å². The molecule has 1 fully saturated rings. The number of thiazole rings is 1. The van der Waals surface area contributed by atoms with Crippen molar-refractivity contribution in [1.29, 1.82) is 0 Å². The number of ether oxygens (including phenoxy) is 1. The minimum Gasteiger partial charge on any atom is -0.463 e. The van der Waals surface area contributed by atoms with Gasteiger partial charge in [-0.3, -0.25) is 14.8 Å². The third kappa shape index (κ3) is 6.47. The van der Waals surface area contributed by atoms with Crippen LogP contribution >= 0.6 is 23.6 Å². The summed E-state index contributed by atoms with van der Waals surface area (Å²) in [6, 6.07) is 0.171. The average Bonchev–Trinajstić information content (AvgIpc) is 3.34. The Kier molecular flexibility index (Phi) is 9.29. The van der Waals surface area contributed by atoms with E-state index in [2.05, 4.69) is 43.8 Å². The van der Waals surface area contributed by atoms with E-state index in [0.29, 0.717) is 31.0 Å². The first kappa shape index (κ1) is 26.4. The highest BCUT2D eigenvalue weighted by molar-refractivity contribution is 7.78. The van der Waals surface area contributed by atoms with E-state index >= 15 is 0 Å². The standard InChI is InChI=1S/C23H34N6O3S2/c1-5-32-22(31)18-12-25-20(21-24-7-11-34-21)26-19(18)15-28-8-9-29(16-33)17(14-28)13-27(4)23(2,3)6-10-30/h7,10-11,16-17H,5-6,8-9,12-15H2,1-4H3,(H,25,26). The van der Waals surface area contributed by atoms with Crippen LogP contribution in [0.25, 0.3) is 0 Å². The van der Waals surface area contributed by atoms with Crippen LogP contribution in [0.5, 0.6) is 0 Å². The number of aldehydes is 1. The molecule has 1 atom stereocenters. The second kappa shape index (κ2) is 12.0. The summed E-state index contributed by atoms with van der Waals surface area (Å²) in [7, 11) is 2.05. The molecule has 0 spiro atoms. The summed E-state index contributed by atoms with van der Waals surface area (Å²) in [5.74, 6) is 0.346. The van der Waals surface area contributed by atoms with Crippen LogP contribution in [0.15, 0.2) is 27.8 Å². The summed E-state index contributed by atoms with van der Waals surface area (Å²) < 4.78 is 5.30. The van der Waals surface area contributed by atoms with Gasteiger partial charge in [0.05, 0.1) is 30.3 Å². The number of amidine groups is 1. The van der Waals surface area contributed by atoms with Crippen molar-refractivity contribution in [3.05, 3.63) is 27.9 Å². The normalized spacial score (nSPS) is 19.6. The number of hydrogen-bond acceptors (Lipinski definition) is 10. The average molecular weight is 507 g/mol. The molecule has 2 aliphatic rings. The van der Waals surface area contributed by atoms with Crippen molar-refractivity contribution in [2.24, 2.45) is 4.99 Å². The highest BCUT2D eigenvalue weighted by Gasteiger charge is 2.32. The van der Waals surface area contributed by atoms with E-state index in [1.54, 1.807) is 18.6 Å². The van der Waals surface area contributed by atoms with Crippen LogP contribution < -0.4 is 5.32 Å². The number of nitrogens with one attached hydrogen (secondary N) is 1. The van der Waals surface area contributed by atoms with Crippen LogP contribution in [0, 0.1) is 0 Å². The van der Waals surface area contributed by atoms with E-state index in [1.807, 2.05) is 12.4 Å². The molecule has 0 saturated carbocycles. The number of piperazine rings is 1. The molecule has 2 aliphatic heterocycles. The zero-order valence-electron chi connectivity index (χ0n) is 20.3. The van der Waals surface area contributed by atoms with E-state index in [4.69, 9.17) is 17.0 Å². The second-order valence-electron chi connectivity index (χ2n) is 9.10. The maximum Gasteiger partial charge on any atom is 0.337 e. The summed E-state index contributed by atoms with van der Waals surface area (Å²) >= 11 is 6.80. The zero-order valence-corrected chi connectivity index (χ0v) is 22.0. The van der Waals surface area contributed by atoms with Crippen LogP contribution in [-0.4, -0.2) is 108 Å². The summed E-state index contributed by atoms with van der Waals surface area (Å²) in [4.78, 5) is 39.4. The third-order valence-electron chi connectivity index (χ3n) is 6.42. The van der Waals surface area contributed by atoms with Crippen molar-refractivity contribution in [1.82, 2.24) is 25.0 Å². The van der Waals surface area contributed by atoms with E-state index in [9.17, 15) is 9.59 Å². The molecule has 0 bridgehead atoms. The summed E-state index contributed by atoms with van der Waals surface area (Å²) in [6.45, 7) is 10.3. The van der Waals surface area contributed by atoms with Crippen LogP contribution in [0.2, 0.25) is 0 Å². The van der Waals surface area contributed by atoms with E-state index in [-0.39, 0.29) is 24.1 Å². The van der Waals surface area contributed by atoms with Crippen molar-refractivity contribution in [3.8, 4) is 0 Å². The lowest BCUT2D eigenvalue weighted by Gasteiger charge is -2.45. The number of thiocarbonyl (C=S) groups is 1. The maximum atomic E-state index is 12.6. The van der Waals surface area contributed by atoms with Crippen molar-refractivity contribution in [3.63, 3.8) is 0 Å². The first-order valence-corrected chi connectivity index (χ1v) is 12.8. The topological polar surface area (TPSA) is 90.4 Å². The molecule has 11 heteroatoms. The molecule has 9 nitrogen and oxygen atoms in total. The van der Waals surface area contributed by atoms with Gasteiger partial charge in [0, 0.05) is 62.0 Å². The molecule has 3 rings (SSSR count). The van der Waals surface area contributed by atoms with Gasteiger partial charge in [-0.25, -0.2) is 9.78 Å². The van der Waals surface area contributed by atoms with E-state index in [0.717, 1.165) is 43.2 Å². The Morgan fingerprint density at radius 1 is 1.44 bits per heavy atom. The molecule has 1 saturated heterocycles. The molecular weight excluding hydrogens is 472 g/mol. The number of aliphatic imine (C=N–C) groups is 1. The van der Waals surface area contributed by atoms with Crippen LogP contribution in [-0.2, 0) is 14.3 Å². The molecule has 1 aromatic rings. The van der Waals surface area contributed by atoms with Crippen molar-refractivity contribution in [2.45, 2.75) is 38.8 Å². The van der Waals surface area contributed by atoms with E-state index in [1.165, 1.54) is 11.3 Å². The SMILES string of the molecule is CCOC(=O)C1=C(CN2CCN(C=S)C(CN(C)C(C)(C)CC=O)C2)NC(c2nccs2)=NC1. The van der Waals surface area contributed by atoms with Gasteiger partial charge in [0.1, 0.15) is 6.29 Å². The lowest BCUT2D eigenvalue weighted by Crippen LogP contribution is -2.58. The van der Waals surface area contributed by atoms with Gasteiger partial charge in [0.2, 0.25) is 0 Å². The zero-order chi connectivity index (χ0) is 24.7. The van der Waals surface area contributed by atoms with Crippen molar-refractivity contribution in [2.75, 3.05) is 52.9 Å².